The number of likely N-dealkylation sites (tertiary alicyclic amines) is 1. The van der Waals surface area contributed by atoms with Crippen molar-refractivity contribution in [3.05, 3.63) is 23.3 Å². The molecule has 13 heteroatoms. The monoisotopic (exact) mass is 680 g/mol. The minimum atomic E-state index is -4.81. The molecule has 1 N–H and O–H groups in total. The first-order valence-electron chi connectivity index (χ1n) is 16.7. The van der Waals surface area contributed by atoms with E-state index in [0.29, 0.717) is 43.7 Å². The molecule has 3 fully saturated rings. The molecule has 1 aromatic carbocycles. The van der Waals surface area contributed by atoms with Crippen molar-refractivity contribution >= 4 is 41.3 Å². The van der Waals surface area contributed by atoms with Gasteiger partial charge in [-0.3, -0.25) is 14.4 Å². The number of carbonyl (C=O) groups is 4. The maximum atomic E-state index is 14.8. The highest BCUT2D eigenvalue weighted by Crippen LogP contribution is 2.57. The third kappa shape index (κ3) is 7.10. The summed E-state index contributed by atoms with van der Waals surface area (Å²) in [4.78, 5) is 58.2. The van der Waals surface area contributed by atoms with Gasteiger partial charge in [-0.2, -0.15) is 13.2 Å². The van der Waals surface area contributed by atoms with Gasteiger partial charge in [-0.15, -0.1) is 11.8 Å². The summed E-state index contributed by atoms with van der Waals surface area (Å²) in [5.41, 5.74) is -2.34. The molecule has 9 nitrogen and oxygen atoms in total. The lowest BCUT2D eigenvalue weighted by Gasteiger charge is -2.41. The van der Waals surface area contributed by atoms with Gasteiger partial charge in [-0.05, 0) is 78.9 Å². The van der Waals surface area contributed by atoms with Crippen LogP contribution in [0.4, 0.5) is 23.7 Å². The predicted octanol–water partition coefficient (Wildman–Crippen LogP) is 6.62. The number of anilines is 1. The van der Waals surface area contributed by atoms with Crippen LogP contribution in [-0.2, 0) is 20.5 Å². The molecule has 0 bridgehead atoms. The second kappa shape index (κ2) is 12.8. The zero-order valence-electron chi connectivity index (χ0n) is 28.2. The highest BCUT2D eigenvalue weighted by Gasteiger charge is 2.61. The smallest absolute Gasteiger partial charge is 0.417 e. The van der Waals surface area contributed by atoms with Crippen LogP contribution in [0.5, 0.6) is 0 Å². The van der Waals surface area contributed by atoms with E-state index in [1.165, 1.54) is 27.6 Å². The number of amides is 4. The van der Waals surface area contributed by atoms with Crippen molar-refractivity contribution in [2.75, 3.05) is 31.1 Å². The molecule has 1 aromatic rings. The van der Waals surface area contributed by atoms with Crippen LogP contribution in [0.3, 0.4) is 0 Å². The number of thioether (sulfide) groups is 1. The summed E-state index contributed by atoms with van der Waals surface area (Å²) in [7, 11) is 0. The summed E-state index contributed by atoms with van der Waals surface area (Å²) >= 11 is 1.18. The molecule has 2 atom stereocenters. The predicted molar refractivity (Wildman–Crippen MR) is 173 cm³/mol. The van der Waals surface area contributed by atoms with Crippen LogP contribution in [0.15, 0.2) is 17.0 Å². The number of halogens is 3. The number of fused-ring (bicyclic) bond motifs is 1. The minimum Gasteiger partial charge on any atom is -0.444 e. The van der Waals surface area contributed by atoms with Gasteiger partial charge in [0.25, 0.3) is 5.91 Å². The Bertz CT molecular complexity index is 1420. The summed E-state index contributed by atoms with van der Waals surface area (Å²) in [6, 6.07) is 1.52. The summed E-state index contributed by atoms with van der Waals surface area (Å²) < 4.78 is 49.1. The van der Waals surface area contributed by atoms with E-state index < -0.39 is 51.1 Å². The molecular formula is C34H47F3N4O5S. The van der Waals surface area contributed by atoms with Gasteiger partial charge >= 0.3 is 12.3 Å². The zero-order valence-corrected chi connectivity index (χ0v) is 29.0. The summed E-state index contributed by atoms with van der Waals surface area (Å²) in [5, 5.41) is 2.76. The first-order chi connectivity index (χ1) is 21.9. The molecule has 1 unspecified atom stereocenters. The third-order valence-electron chi connectivity index (χ3n) is 9.79. The fourth-order valence-electron chi connectivity index (χ4n) is 7.47. The Hall–Kier alpha value is -2.96. The number of hydrogen-bond donors (Lipinski definition) is 1. The SMILES string of the molecule is CCC(=O)NCCN1C(=O)C2(CCCC2)Sc2cc(C(F)(F)F)c(C(=O)N(C(C)C)[C@H]3CC34CCCN(C(=O)OC(C)(C)C)C4)cc21. The molecule has 0 aromatic heterocycles. The topological polar surface area (TPSA) is 99.3 Å². The van der Waals surface area contributed by atoms with Crippen molar-refractivity contribution in [1.29, 1.82) is 0 Å². The zero-order chi connectivity index (χ0) is 34.5. The van der Waals surface area contributed by atoms with Crippen molar-refractivity contribution in [2.45, 2.75) is 126 Å². The molecule has 4 aliphatic rings. The number of carbonyl (C=O) groups excluding carboxylic acids is 4. The maximum Gasteiger partial charge on any atom is 0.417 e. The van der Waals surface area contributed by atoms with Gasteiger partial charge in [-0.25, -0.2) is 4.79 Å². The Morgan fingerprint density at radius 1 is 1.11 bits per heavy atom. The van der Waals surface area contributed by atoms with Crippen molar-refractivity contribution in [3.8, 4) is 0 Å². The average Bonchev–Trinajstić information content (AvgIpc) is 3.41. The van der Waals surface area contributed by atoms with Gasteiger partial charge in [0.15, 0.2) is 0 Å². The normalized spacial score (nSPS) is 23.7. The molecule has 5 rings (SSSR count). The molecule has 2 heterocycles. The second-order valence-electron chi connectivity index (χ2n) is 14.7. The van der Waals surface area contributed by atoms with Gasteiger partial charge in [0.05, 0.1) is 21.6 Å². The number of nitrogens with one attached hydrogen (secondary N) is 1. The molecule has 260 valence electrons. The average molecular weight is 681 g/mol. The van der Waals surface area contributed by atoms with Gasteiger partial charge in [-0.1, -0.05) is 19.8 Å². The van der Waals surface area contributed by atoms with Crippen molar-refractivity contribution in [1.82, 2.24) is 15.1 Å². The first-order valence-corrected chi connectivity index (χ1v) is 17.6. The molecule has 2 spiro atoms. The van der Waals surface area contributed by atoms with Crippen molar-refractivity contribution in [2.24, 2.45) is 5.41 Å². The van der Waals surface area contributed by atoms with Crippen LogP contribution < -0.4 is 10.2 Å². The van der Waals surface area contributed by atoms with Crippen LogP contribution in [0.1, 0.15) is 109 Å². The fraction of sp³-hybridized carbons (Fsp3) is 0.706. The van der Waals surface area contributed by atoms with Crippen LogP contribution in [0, 0.1) is 5.41 Å². The van der Waals surface area contributed by atoms with Gasteiger partial charge in [0, 0.05) is 55.0 Å². The molecular weight excluding hydrogens is 633 g/mol. The summed E-state index contributed by atoms with van der Waals surface area (Å²) in [6.45, 7) is 11.8. The number of hydrogen-bond acceptors (Lipinski definition) is 6. The van der Waals surface area contributed by atoms with E-state index >= 15 is 0 Å². The number of piperidine rings is 1. The maximum absolute atomic E-state index is 14.8. The van der Waals surface area contributed by atoms with Crippen molar-refractivity contribution < 1.29 is 37.1 Å². The largest absolute Gasteiger partial charge is 0.444 e. The fourth-order valence-corrected chi connectivity index (χ4v) is 9.04. The second-order valence-corrected chi connectivity index (χ2v) is 16.1. The van der Waals surface area contributed by atoms with Crippen molar-refractivity contribution in [3.63, 3.8) is 0 Å². The summed E-state index contributed by atoms with van der Waals surface area (Å²) in [6.07, 6.45) is -0.249. The quantitative estimate of drug-likeness (QED) is 0.348. The third-order valence-corrected chi connectivity index (χ3v) is 11.3. The van der Waals surface area contributed by atoms with Gasteiger partial charge in [0.1, 0.15) is 5.60 Å². The molecule has 0 radical (unpaired) electrons. The van der Waals surface area contributed by atoms with E-state index in [0.717, 1.165) is 25.3 Å². The minimum absolute atomic E-state index is 0.0824. The van der Waals surface area contributed by atoms with E-state index in [9.17, 15) is 32.3 Å². The first kappa shape index (κ1) is 35.3. The van der Waals surface area contributed by atoms with Gasteiger partial charge < -0.3 is 24.8 Å². The molecule has 1 saturated heterocycles. The lowest BCUT2D eigenvalue weighted by Crippen LogP contribution is -2.51. The van der Waals surface area contributed by atoms with Crippen LogP contribution in [0.2, 0.25) is 0 Å². The number of nitrogens with zero attached hydrogens (tertiary/aromatic N) is 3. The molecule has 2 aliphatic carbocycles. The number of rotatable bonds is 7. The van der Waals surface area contributed by atoms with Crippen LogP contribution in [-0.4, -0.2) is 82.2 Å². The Labute approximate surface area is 279 Å². The standard InChI is InChI=1S/C34H47F3N4O5S/c1-7-27(42)38-14-16-40-24-17-22(23(34(35,36)37)18-25(24)47-33(29(40)44)12-8-9-13-33)28(43)41(21(2)3)26-19-32(26)11-10-15-39(20-32)30(45)46-31(4,5)6/h17-18,21,26H,7-16,19-20H2,1-6H3,(H,38,42)/t26-,32?/m0/s1. The molecule has 2 aliphatic heterocycles. The molecule has 2 saturated carbocycles. The highest BCUT2D eigenvalue weighted by atomic mass is 32.2. The number of benzene rings is 1. The lowest BCUT2D eigenvalue weighted by molar-refractivity contribution is -0.138. The van der Waals surface area contributed by atoms with Crippen LogP contribution in [0.25, 0.3) is 0 Å². The summed E-state index contributed by atoms with van der Waals surface area (Å²) in [5.74, 6) is -1.13. The van der Waals surface area contributed by atoms with Crippen LogP contribution >= 0.6 is 11.8 Å². The van der Waals surface area contributed by atoms with Gasteiger partial charge in [0.2, 0.25) is 11.8 Å². The number of alkyl halides is 3. The van der Waals surface area contributed by atoms with E-state index in [4.69, 9.17) is 4.74 Å². The Balaban J connectivity index is 1.50. The lowest BCUT2D eigenvalue weighted by atomic mass is 9.93. The Morgan fingerprint density at radius 3 is 2.38 bits per heavy atom. The van der Waals surface area contributed by atoms with E-state index in [-0.39, 0.29) is 43.1 Å². The Kier molecular flexibility index (Phi) is 9.64. The number of ether oxygens (including phenoxy) is 1. The van der Waals surface area contributed by atoms with E-state index in [1.54, 1.807) is 46.4 Å². The molecule has 47 heavy (non-hydrogen) atoms. The van der Waals surface area contributed by atoms with E-state index in [2.05, 4.69) is 5.32 Å². The highest BCUT2D eigenvalue weighted by molar-refractivity contribution is 8.01. The Morgan fingerprint density at radius 2 is 1.79 bits per heavy atom. The molecule has 4 amide bonds. The van der Waals surface area contributed by atoms with E-state index in [1.807, 2.05) is 0 Å².